The zero-order chi connectivity index (χ0) is 12.9. The minimum atomic E-state index is -0.424. The van der Waals surface area contributed by atoms with Gasteiger partial charge >= 0.3 is 0 Å². The summed E-state index contributed by atoms with van der Waals surface area (Å²) in [5, 5.41) is 16.0. The molecule has 18 heavy (non-hydrogen) atoms. The Balaban J connectivity index is 0.00000289. The summed E-state index contributed by atoms with van der Waals surface area (Å²) in [7, 11) is 0. The van der Waals surface area contributed by atoms with E-state index in [0.29, 0.717) is 6.54 Å². The van der Waals surface area contributed by atoms with Crippen LogP contribution in [0.5, 0.6) is 0 Å². The molecule has 0 aromatic rings. The molecular weight excluding hydrogens is 252 g/mol. The zero-order valence-corrected chi connectivity index (χ0v) is 12.5. The molecule has 1 heterocycles. The molecule has 108 valence electrons. The Morgan fingerprint density at radius 3 is 2.50 bits per heavy atom. The first-order chi connectivity index (χ1) is 8.03. The van der Waals surface area contributed by atoms with E-state index in [4.69, 9.17) is 0 Å². The number of amides is 1. The van der Waals surface area contributed by atoms with E-state index in [-0.39, 0.29) is 29.6 Å². The Hall–Kier alpha value is -0.320. The van der Waals surface area contributed by atoms with Gasteiger partial charge in [-0.05, 0) is 25.8 Å². The second-order valence-electron chi connectivity index (χ2n) is 5.34. The van der Waals surface area contributed by atoms with Crippen LogP contribution in [0.15, 0.2) is 0 Å². The number of nitrogens with one attached hydrogen (secondary N) is 2. The number of hydrogen-bond acceptors (Lipinski definition) is 3. The van der Waals surface area contributed by atoms with Crippen LogP contribution in [-0.2, 0) is 4.79 Å². The van der Waals surface area contributed by atoms with Gasteiger partial charge in [-0.1, -0.05) is 26.7 Å². The van der Waals surface area contributed by atoms with Gasteiger partial charge in [0.25, 0.3) is 0 Å². The molecule has 5 heteroatoms. The number of aliphatic hydroxyl groups excluding tert-OH is 1. The van der Waals surface area contributed by atoms with Gasteiger partial charge in [-0.15, -0.1) is 12.4 Å². The van der Waals surface area contributed by atoms with Crippen LogP contribution in [-0.4, -0.2) is 36.8 Å². The number of hydrogen-bond donors (Lipinski definition) is 3. The standard InChI is InChI=1S/C13H26N2O2.ClH/c1-4-10(5-2)11(16)8-15-12(17)13(3)6-7-14-9-13;/h10-11,14,16H,4-9H2,1-3H3,(H,15,17);1H. The van der Waals surface area contributed by atoms with Gasteiger partial charge < -0.3 is 15.7 Å². The van der Waals surface area contributed by atoms with Crippen molar-refractivity contribution >= 4 is 18.3 Å². The third kappa shape index (κ3) is 4.41. The first-order valence-electron chi connectivity index (χ1n) is 6.70. The Morgan fingerprint density at radius 1 is 1.44 bits per heavy atom. The van der Waals surface area contributed by atoms with E-state index in [9.17, 15) is 9.90 Å². The lowest BCUT2D eigenvalue weighted by atomic mass is 9.88. The molecule has 0 aromatic carbocycles. The van der Waals surface area contributed by atoms with E-state index in [0.717, 1.165) is 32.4 Å². The van der Waals surface area contributed by atoms with Crippen molar-refractivity contribution in [2.75, 3.05) is 19.6 Å². The van der Waals surface area contributed by atoms with E-state index < -0.39 is 6.10 Å². The summed E-state index contributed by atoms with van der Waals surface area (Å²) in [6.07, 6.45) is 2.35. The largest absolute Gasteiger partial charge is 0.391 e. The van der Waals surface area contributed by atoms with E-state index >= 15 is 0 Å². The number of aliphatic hydroxyl groups is 1. The smallest absolute Gasteiger partial charge is 0.227 e. The van der Waals surface area contributed by atoms with Gasteiger partial charge in [-0.25, -0.2) is 0 Å². The summed E-state index contributed by atoms with van der Waals surface area (Å²) in [6.45, 7) is 8.13. The van der Waals surface area contributed by atoms with Crippen molar-refractivity contribution in [2.24, 2.45) is 11.3 Å². The van der Waals surface area contributed by atoms with E-state index in [2.05, 4.69) is 24.5 Å². The van der Waals surface area contributed by atoms with Gasteiger partial charge in [0.1, 0.15) is 0 Å². The monoisotopic (exact) mass is 278 g/mol. The van der Waals surface area contributed by atoms with Gasteiger partial charge in [0.15, 0.2) is 0 Å². The summed E-state index contributed by atoms with van der Waals surface area (Å²) in [5.41, 5.74) is -0.298. The van der Waals surface area contributed by atoms with Crippen LogP contribution in [0.1, 0.15) is 40.0 Å². The maximum absolute atomic E-state index is 12.0. The van der Waals surface area contributed by atoms with E-state index in [1.165, 1.54) is 0 Å². The molecule has 0 saturated carbocycles. The highest BCUT2D eigenvalue weighted by Gasteiger charge is 2.36. The van der Waals surface area contributed by atoms with Gasteiger partial charge in [0.2, 0.25) is 5.91 Å². The molecule has 1 amide bonds. The fraction of sp³-hybridized carbons (Fsp3) is 0.923. The molecule has 1 saturated heterocycles. The molecule has 1 rings (SSSR count). The molecule has 2 atom stereocenters. The minimum absolute atomic E-state index is 0. The molecule has 0 radical (unpaired) electrons. The topological polar surface area (TPSA) is 61.4 Å². The summed E-state index contributed by atoms with van der Waals surface area (Å²) in [4.78, 5) is 12.0. The average Bonchev–Trinajstić information content (AvgIpc) is 2.76. The van der Waals surface area contributed by atoms with Crippen molar-refractivity contribution in [2.45, 2.75) is 46.1 Å². The second kappa shape index (κ2) is 7.97. The molecular formula is C13H27ClN2O2. The predicted molar refractivity (Wildman–Crippen MR) is 75.9 cm³/mol. The van der Waals surface area contributed by atoms with Crippen molar-refractivity contribution in [3.8, 4) is 0 Å². The highest BCUT2D eigenvalue weighted by atomic mass is 35.5. The number of carbonyl (C=O) groups excluding carboxylic acids is 1. The quantitative estimate of drug-likeness (QED) is 0.687. The minimum Gasteiger partial charge on any atom is -0.391 e. The molecule has 1 fully saturated rings. The molecule has 4 nitrogen and oxygen atoms in total. The average molecular weight is 279 g/mol. The molecule has 2 unspecified atom stereocenters. The Bertz CT molecular complexity index is 251. The van der Waals surface area contributed by atoms with Crippen LogP contribution < -0.4 is 10.6 Å². The Kier molecular flexibility index (Phi) is 7.83. The van der Waals surface area contributed by atoms with Crippen molar-refractivity contribution < 1.29 is 9.90 Å². The fourth-order valence-electron chi connectivity index (χ4n) is 2.42. The van der Waals surface area contributed by atoms with Crippen molar-refractivity contribution in [1.29, 1.82) is 0 Å². The van der Waals surface area contributed by atoms with Gasteiger partial charge in [0.05, 0.1) is 11.5 Å². The third-order valence-corrected chi connectivity index (χ3v) is 3.98. The van der Waals surface area contributed by atoms with Crippen LogP contribution in [0.4, 0.5) is 0 Å². The van der Waals surface area contributed by atoms with Gasteiger partial charge in [-0.3, -0.25) is 4.79 Å². The maximum atomic E-state index is 12.0. The van der Waals surface area contributed by atoms with Gasteiger partial charge in [-0.2, -0.15) is 0 Å². The molecule has 1 aliphatic rings. The zero-order valence-electron chi connectivity index (χ0n) is 11.7. The van der Waals surface area contributed by atoms with Crippen LogP contribution in [0.25, 0.3) is 0 Å². The number of rotatable bonds is 6. The Morgan fingerprint density at radius 2 is 2.06 bits per heavy atom. The van der Waals surface area contributed by atoms with E-state index in [1.54, 1.807) is 0 Å². The molecule has 0 spiro atoms. The molecule has 0 aromatic heterocycles. The lowest BCUT2D eigenvalue weighted by molar-refractivity contribution is -0.129. The molecule has 1 aliphatic heterocycles. The third-order valence-electron chi connectivity index (χ3n) is 3.98. The predicted octanol–water partition coefficient (Wildman–Crippen LogP) is 1.32. The van der Waals surface area contributed by atoms with Crippen molar-refractivity contribution in [3.05, 3.63) is 0 Å². The Labute approximate surface area is 116 Å². The maximum Gasteiger partial charge on any atom is 0.227 e. The lowest BCUT2D eigenvalue weighted by Gasteiger charge is -2.25. The summed E-state index contributed by atoms with van der Waals surface area (Å²) >= 11 is 0. The second-order valence-corrected chi connectivity index (χ2v) is 5.34. The summed E-state index contributed by atoms with van der Waals surface area (Å²) in [5.74, 6) is 0.345. The van der Waals surface area contributed by atoms with Gasteiger partial charge in [0, 0.05) is 13.1 Å². The highest BCUT2D eigenvalue weighted by molar-refractivity contribution is 5.85. The fourth-order valence-corrected chi connectivity index (χ4v) is 2.42. The number of halogens is 1. The summed E-state index contributed by atoms with van der Waals surface area (Å²) < 4.78 is 0. The van der Waals surface area contributed by atoms with Crippen LogP contribution in [0.2, 0.25) is 0 Å². The summed E-state index contributed by atoms with van der Waals surface area (Å²) in [6, 6.07) is 0. The lowest BCUT2D eigenvalue weighted by Crippen LogP contribution is -2.44. The van der Waals surface area contributed by atoms with E-state index in [1.807, 2.05) is 6.92 Å². The van der Waals surface area contributed by atoms with Crippen LogP contribution >= 0.6 is 12.4 Å². The SMILES string of the molecule is CCC(CC)C(O)CNC(=O)C1(C)CCNC1.Cl. The molecule has 0 bridgehead atoms. The number of carbonyl (C=O) groups is 1. The molecule has 0 aliphatic carbocycles. The van der Waals surface area contributed by atoms with Crippen molar-refractivity contribution in [1.82, 2.24) is 10.6 Å². The first kappa shape index (κ1) is 17.7. The first-order valence-corrected chi connectivity index (χ1v) is 6.70. The normalized spacial score (nSPS) is 24.7. The van der Waals surface area contributed by atoms with Crippen LogP contribution in [0, 0.1) is 11.3 Å². The van der Waals surface area contributed by atoms with Crippen LogP contribution in [0.3, 0.4) is 0 Å². The highest BCUT2D eigenvalue weighted by Crippen LogP contribution is 2.24. The molecule has 3 N–H and O–H groups in total. The van der Waals surface area contributed by atoms with Crippen molar-refractivity contribution in [3.63, 3.8) is 0 Å².